The smallest absolute Gasteiger partial charge is 0.282 e. The number of benzene rings is 1. The second kappa shape index (κ2) is 7.55. The largest absolute Gasteiger partial charge is 0.493 e. The van der Waals surface area contributed by atoms with E-state index in [1.54, 1.807) is 19.2 Å². The van der Waals surface area contributed by atoms with E-state index in [1.807, 2.05) is 20.8 Å². The number of aromatic nitrogens is 2. The maximum absolute atomic E-state index is 12.6. The van der Waals surface area contributed by atoms with Crippen molar-refractivity contribution in [1.82, 2.24) is 14.9 Å². The Balaban J connectivity index is 2.57. The van der Waals surface area contributed by atoms with Crippen LogP contribution in [0.3, 0.4) is 0 Å². The van der Waals surface area contributed by atoms with Gasteiger partial charge in [-0.25, -0.2) is 4.98 Å². The molecule has 0 unspecified atom stereocenters. The van der Waals surface area contributed by atoms with Crippen LogP contribution in [0.15, 0.2) is 16.9 Å². The van der Waals surface area contributed by atoms with Gasteiger partial charge in [0.1, 0.15) is 0 Å². The lowest BCUT2D eigenvalue weighted by atomic mass is 10.0. The average molecular weight is 347 g/mol. The fraction of sp³-hybridized carbons (Fsp3) is 0.500. The second-order valence-electron chi connectivity index (χ2n) is 6.25. The molecule has 0 saturated heterocycles. The van der Waals surface area contributed by atoms with Gasteiger partial charge in [-0.3, -0.25) is 9.59 Å². The van der Waals surface area contributed by atoms with Gasteiger partial charge in [-0.1, -0.05) is 20.8 Å². The molecule has 0 aliphatic carbocycles. The van der Waals surface area contributed by atoms with Crippen molar-refractivity contribution in [3.8, 4) is 11.5 Å². The fourth-order valence-electron chi connectivity index (χ4n) is 2.78. The van der Waals surface area contributed by atoms with Crippen LogP contribution < -0.4 is 20.3 Å². The standard InChI is InChI=1S/C18H25N3O4/c1-7-11(10(2)3)20-17(22)16-18(23)21(4)13-9-15(25-6)14(24-5)8-12(13)19-16/h8-11H,7H2,1-6H3,(H,20,22)/t11-/m0/s1. The molecule has 2 aromatic rings. The highest BCUT2D eigenvalue weighted by Gasteiger charge is 2.21. The SMILES string of the molecule is CC[C@H](NC(=O)c1nc2cc(OC)c(OC)cc2n(C)c1=O)C(C)C. The third-order valence-electron chi connectivity index (χ3n) is 4.36. The molecular formula is C18H25N3O4. The number of methoxy groups -OCH3 is 2. The molecule has 1 heterocycles. The quantitative estimate of drug-likeness (QED) is 0.865. The number of hydrogen-bond acceptors (Lipinski definition) is 5. The number of nitrogens with one attached hydrogen (secondary N) is 1. The number of aryl methyl sites for hydroxylation is 1. The van der Waals surface area contributed by atoms with Crippen molar-refractivity contribution in [3.63, 3.8) is 0 Å². The second-order valence-corrected chi connectivity index (χ2v) is 6.25. The van der Waals surface area contributed by atoms with E-state index in [-0.39, 0.29) is 17.7 Å². The number of amides is 1. The predicted octanol–water partition coefficient (Wildman–Crippen LogP) is 2.12. The summed E-state index contributed by atoms with van der Waals surface area (Å²) in [7, 11) is 4.65. The summed E-state index contributed by atoms with van der Waals surface area (Å²) in [6.45, 7) is 6.04. The number of nitrogens with zero attached hydrogens (tertiary/aromatic N) is 2. The van der Waals surface area contributed by atoms with Gasteiger partial charge in [-0.2, -0.15) is 0 Å². The first-order valence-corrected chi connectivity index (χ1v) is 8.27. The van der Waals surface area contributed by atoms with Gasteiger partial charge in [-0.05, 0) is 12.3 Å². The summed E-state index contributed by atoms with van der Waals surface area (Å²) >= 11 is 0. The van der Waals surface area contributed by atoms with Crippen molar-refractivity contribution < 1.29 is 14.3 Å². The predicted molar refractivity (Wildman–Crippen MR) is 96.5 cm³/mol. The first kappa shape index (κ1) is 18.8. The molecule has 25 heavy (non-hydrogen) atoms. The van der Waals surface area contributed by atoms with Crippen LogP contribution in [0.2, 0.25) is 0 Å². The first-order chi connectivity index (χ1) is 11.8. The zero-order valence-electron chi connectivity index (χ0n) is 15.5. The summed E-state index contributed by atoms with van der Waals surface area (Å²) < 4.78 is 11.9. The van der Waals surface area contributed by atoms with E-state index in [9.17, 15) is 9.59 Å². The van der Waals surface area contributed by atoms with Crippen molar-refractivity contribution in [2.24, 2.45) is 13.0 Å². The molecule has 0 fully saturated rings. The van der Waals surface area contributed by atoms with E-state index in [2.05, 4.69) is 10.3 Å². The molecule has 0 aliphatic rings. The number of rotatable bonds is 6. The molecule has 1 aromatic heterocycles. The van der Waals surface area contributed by atoms with Gasteiger partial charge in [0.15, 0.2) is 17.2 Å². The Morgan fingerprint density at radius 2 is 1.84 bits per heavy atom. The molecule has 0 radical (unpaired) electrons. The Morgan fingerprint density at radius 1 is 1.24 bits per heavy atom. The highest BCUT2D eigenvalue weighted by atomic mass is 16.5. The number of carbonyl (C=O) groups excluding carboxylic acids is 1. The summed E-state index contributed by atoms with van der Waals surface area (Å²) in [5, 5.41) is 2.90. The Labute approximate surface area is 147 Å². The monoisotopic (exact) mass is 347 g/mol. The molecular weight excluding hydrogens is 322 g/mol. The van der Waals surface area contributed by atoms with Crippen molar-refractivity contribution in [2.75, 3.05) is 14.2 Å². The van der Waals surface area contributed by atoms with Gasteiger partial charge in [0.25, 0.3) is 11.5 Å². The third kappa shape index (κ3) is 3.60. The van der Waals surface area contributed by atoms with Crippen molar-refractivity contribution in [3.05, 3.63) is 28.2 Å². The normalized spacial score (nSPS) is 12.3. The summed E-state index contributed by atoms with van der Waals surface area (Å²) in [6, 6.07) is 3.32. The Hall–Kier alpha value is -2.57. The molecule has 1 aromatic carbocycles. The third-order valence-corrected chi connectivity index (χ3v) is 4.36. The van der Waals surface area contributed by atoms with Gasteiger partial charge < -0.3 is 19.4 Å². The zero-order valence-corrected chi connectivity index (χ0v) is 15.5. The van der Waals surface area contributed by atoms with Crippen LogP contribution in [0.5, 0.6) is 11.5 Å². The number of ether oxygens (including phenoxy) is 2. The van der Waals surface area contributed by atoms with Crippen LogP contribution in [0.4, 0.5) is 0 Å². The maximum atomic E-state index is 12.6. The van der Waals surface area contributed by atoms with E-state index >= 15 is 0 Å². The summed E-state index contributed by atoms with van der Waals surface area (Å²) in [6.07, 6.45) is 0.780. The highest BCUT2D eigenvalue weighted by Crippen LogP contribution is 2.30. The molecule has 136 valence electrons. The number of fused-ring (bicyclic) bond motifs is 1. The van der Waals surface area contributed by atoms with Crippen LogP contribution in [0, 0.1) is 5.92 Å². The molecule has 0 spiro atoms. The van der Waals surface area contributed by atoms with E-state index in [4.69, 9.17) is 9.47 Å². The van der Waals surface area contributed by atoms with Crippen LogP contribution in [-0.4, -0.2) is 35.7 Å². The highest BCUT2D eigenvalue weighted by molar-refractivity contribution is 5.94. The number of hydrogen-bond donors (Lipinski definition) is 1. The number of carbonyl (C=O) groups is 1. The lowest BCUT2D eigenvalue weighted by Gasteiger charge is -2.20. The summed E-state index contributed by atoms with van der Waals surface area (Å²) in [4.78, 5) is 29.4. The molecule has 1 amide bonds. The van der Waals surface area contributed by atoms with Gasteiger partial charge in [0.05, 0.1) is 25.3 Å². The molecule has 1 N–H and O–H groups in total. The minimum absolute atomic E-state index is 0.0138. The lowest BCUT2D eigenvalue weighted by Crippen LogP contribution is -2.41. The van der Waals surface area contributed by atoms with E-state index in [0.717, 1.165) is 6.42 Å². The molecule has 0 bridgehead atoms. The molecule has 2 rings (SSSR count). The Morgan fingerprint density at radius 3 is 2.36 bits per heavy atom. The maximum Gasteiger partial charge on any atom is 0.282 e. The van der Waals surface area contributed by atoms with E-state index < -0.39 is 11.5 Å². The molecule has 7 heteroatoms. The van der Waals surface area contributed by atoms with Gasteiger partial charge in [0.2, 0.25) is 0 Å². The lowest BCUT2D eigenvalue weighted by molar-refractivity contribution is 0.0917. The Kier molecular flexibility index (Phi) is 5.66. The molecule has 7 nitrogen and oxygen atoms in total. The van der Waals surface area contributed by atoms with Crippen LogP contribution in [0.1, 0.15) is 37.7 Å². The van der Waals surface area contributed by atoms with Crippen LogP contribution in [-0.2, 0) is 7.05 Å². The summed E-state index contributed by atoms with van der Waals surface area (Å²) in [5.41, 5.74) is 0.481. The van der Waals surface area contributed by atoms with Crippen molar-refractivity contribution in [1.29, 1.82) is 0 Å². The van der Waals surface area contributed by atoms with Gasteiger partial charge in [0, 0.05) is 25.2 Å². The topological polar surface area (TPSA) is 82.4 Å². The van der Waals surface area contributed by atoms with E-state index in [1.165, 1.54) is 18.8 Å². The van der Waals surface area contributed by atoms with Crippen molar-refractivity contribution >= 4 is 16.9 Å². The summed E-state index contributed by atoms with van der Waals surface area (Å²) in [5.74, 6) is 0.788. The minimum Gasteiger partial charge on any atom is -0.493 e. The first-order valence-electron chi connectivity index (χ1n) is 8.27. The molecule has 0 saturated carbocycles. The average Bonchev–Trinajstić information content (AvgIpc) is 2.60. The van der Waals surface area contributed by atoms with Gasteiger partial charge >= 0.3 is 0 Å². The van der Waals surface area contributed by atoms with Gasteiger partial charge in [-0.15, -0.1) is 0 Å². The van der Waals surface area contributed by atoms with E-state index in [0.29, 0.717) is 22.5 Å². The Bertz CT molecular complexity index is 842. The van der Waals surface area contributed by atoms with Crippen molar-refractivity contribution in [2.45, 2.75) is 33.2 Å². The van der Waals surface area contributed by atoms with Crippen LogP contribution in [0.25, 0.3) is 11.0 Å². The molecule has 1 atom stereocenters. The fourth-order valence-corrected chi connectivity index (χ4v) is 2.78. The molecule has 0 aliphatic heterocycles. The zero-order chi connectivity index (χ0) is 18.7. The van der Waals surface area contributed by atoms with Crippen LogP contribution >= 0.6 is 0 Å². The minimum atomic E-state index is -0.460.